The molecule has 1 saturated carbocycles. The highest BCUT2D eigenvalue weighted by atomic mass is 32.2. The molecule has 0 spiro atoms. The molecule has 0 radical (unpaired) electrons. The first kappa shape index (κ1) is 22.9. The Hall–Kier alpha value is -1.73. The lowest BCUT2D eigenvalue weighted by Gasteiger charge is -2.36. The maximum absolute atomic E-state index is 12.7. The molecule has 2 aliphatic heterocycles. The molecule has 1 atom stereocenters. The minimum absolute atomic E-state index is 0.0387. The van der Waals surface area contributed by atoms with Crippen LogP contribution in [0.1, 0.15) is 45.4 Å². The summed E-state index contributed by atoms with van der Waals surface area (Å²) < 4.78 is 0. The van der Waals surface area contributed by atoms with E-state index in [1.807, 2.05) is 23.3 Å². The summed E-state index contributed by atoms with van der Waals surface area (Å²) in [4.78, 5) is 31.9. The van der Waals surface area contributed by atoms with Gasteiger partial charge in [0.1, 0.15) is 11.8 Å². The number of thioether (sulfide) groups is 1. The number of phenolic OH excluding ortho intramolecular Hbond substituents is 1. The number of carbonyl (C=O) groups excluding carboxylic acids is 2. The third-order valence-electron chi connectivity index (χ3n) is 6.45. The highest BCUT2D eigenvalue weighted by Crippen LogP contribution is 2.26. The summed E-state index contributed by atoms with van der Waals surface area (Å²) in [6.07, 6.45) is 8.88. The van der Waals surface area contributed by atoms with E-state index in [1.54, 1.807) is 35.7 Å². The summed E-state index contributed by atoms with van der Waals surface area (Å²) in [5, 5.41) is 8.84. The van der Waals surface area contributed by atoms with E-state index in [0.717, 1.165) is 58.0 Å². The van der Waals surface area contributed by atoms with Crippen LogP contribution in [-0.2, 0) is 9.59 Å². The minimum atomic E-state index is -0.197. The molecule has 0 unspecified atom stereocenters. The highest BCUT2D eigenvalue weighted by Gasteiger charge is 2.36. The lowest BCUT2D eigenvalue weighted by molar-refractivity contribution is -0.142. The summed E-state index contributed by atoms with van der Waals surface area (Å²) in [5.41, 5.74) is 0. The molecule has 1 N–H and O–H groups in total. The van der Waals surface area contributed by atoms with Crippen molar-refractivity contribution in [2.24, 2.45) is 0 Å². The van der Waals surface area contributed by atoms with Gasteiger partial charge in [-0.3, -0.25) is 14.5 Å². The highest BCUT2D eigenvalue weighted by molar-refractivity contribution is 7.98. The quantitative estimate of drug-likeness (QED) is 0.742. The topological polar surface area (TPSA) is 64.1 Å². The maximum Gasteiger partial charge on any atom is 0.245 e. The molecule has 3 fully saturated rings. The Morgan fingerprint density at radius 1 is 0.933 bits per heavy atom. The molecule has 2 heterocycles. The average Bonchev–Trinajstić information content (AvgIpc) is 3.08. The van der Waals surface area contributed by atoms with Crippen LogP contribution < -0.4 is 0 Å². The van der Waals surface area contributed by atoms with E-state index in [9.17, 15) is 9.59 Å². The number of amides is 2. The van der Waals surface area contributed by atoms with Crippen molar-refractivity contribution < 1.29 is 14.7 Å². The predicted molar refractivity (Wildman–Crippen MR) is 121 cm³/mol. The number of benzene rings is 1. The number of hydrogen-bond acceptors (Lipinski definition) is 5. The van der Waals surface area contributed by atoms with Crippen LogP contribution in [0.2, 0.25) is 0 Å². The van der Waals surface area contributed by atoms with Gasteiger partial charge in [-0.25, -0.2) is 0 Å². The zero-order valence-corrected chi connectivity index (χ0v) is 19.1. The van der Waals surface area contributed by atoms with Crippen molar-refractivity contribution >= 4 is 23.6 Å². The Labute approximate surface area is 184 Å². The molecule has 166 valence electrons. The Morgan fingerprint density at radius 3 is 2.27 bits per heavy atom. The Kier molecular flexibility index (Phi) is 8.45. The van der Waals surface area contributed by atoms with Crippen molar-refractivity contribution in [2.45, 2.75) is 62.4 Å². The van der Waals surface area contributed by atoms with Gasteiger partial charge in [-0.1, -0.05) is 6.42 Å². The van der Waals surface area contributed by atoms with Gasteiger partial charge in [0, 0.05) is 50.6 Å². The van der Waals surface area contributed by atoms with Crippen molar-refractivity contribution in [1.82, 2.24) is 14.7 Å². The van der Waals surface area contributed by atoms with E-state index in [0.29, 0.717) is 5.75 Å². The molecular weight excluding hydrogens is 398 g/mol. The van der Waals surface area contributed by atoms with E-state index < -0.39 is 0 Å². The van der Waals surface area contributed by atoms with Gasteiger partial charge in [0.15, 0.2) is 0 Å². The van der Waals surface area contributed by atoms with Gasteiger partial charge in [-0.05, 0) is 62.6 Å². The lowest BCUT2D eigenvalue weighted by Crippen LogP contribution is -2.48. The van der Waals surface area contributed by atoms with Crippen LogP contribution in [0.5, 0.6) is 5.75 Å². The Morgan fingerprint density at radius 2 is 1.67 bits per heavy atom. The summed E-state index contributed by atoms with van der Waals surface area (Å²) in [5.74, 6) is 0.544. The lowest BCUT2D eigenvalue weighted by atomic mass is 9.91. The molecular formula is C23H35N3O3S. The zero-order chi connectivity index (χ0) is 21.5. The number of carbonyl (C=O) groups is 2. The second-order valence-corrected chi connectivity index (χ2v) is 9.25. The van der Waals surface area contributed by atoms with Gasteiger partial charge in [-0.2, -0.15) is 0 Å². The monoisotopic (exact) mass is 433 g/mol. The third kappa shape index (κ3) is 5.91. The summed E-state index contributed by atoms with van der Waals surface area (Å²) in [6.45, 7) is 6.13. The summed E-state index contributed by atoms with van der Waals surface area (Å²) in [7, 11) is 0. The number of nitrogens with zero attached hydrogens (tertiary/aromatic N) is 3. The van der Waals surface area contributed by atoms with Crippen LogP contribution >= 0.6 is 11.8 Å². The SMILES string of the molecule is CC(=O)N1CCC[C@@H]1C(=O)N1CCCN(C2CCC2)CC1.CSc1ccc(O)cc1. The van der Waals surface area contributed by atoms with Crippen LogP contribution in [0.4, 0.5) is 0 Å². The maximum atomic E-state index is 12.7. The third-order valence-corrected chi connectivity index (χ3v) is 7.19. The van der Waals surface area contributed by atoms with Crippen LogP contribution in [-0.4, -0.2) is 82.7 Å². The molecule has 3 aliphatic rings. The molecule has 30 heavy (non-hydrogen) atoms. The van der Waals surface area contributed by atoms with Crippen molar-refractivity contribution in [1.29, 1.82) is 0 Å². The van der Waals surface area contributed by atoms with Crippen molar-refractivity contribution in [2.75, 3.05) is 39.0 Å². The molecule has 2 saturated heterocycles. The Bertz CT molecular complexity index is 708. The predicted octanol–water partition coefficient (Wildman–Crippen LogP) is 3.20. The zero-order valence-electron chi connectivity index (χ0n) is 18.3. The largest absolute Gasteiger partial charge is 0.508 e. The molecule has 7 heteroatoms. The molecule has 1 aliphatic carbocycles. The number of rotatable bonds is 3. The van der Waals surface area contributed by atoms with Crippen LogP contribution in [0.25, 0.3) is 0 Å². The summed E-state index contributed by atoms with van der Waals surface area (Å²) >= 11 is 1.67. The van der Waals surface area contributed by atoms with Crippen LogP contribution in [0, 0.1) is 0 Å². The van der Waals surface area contributed by atoms with Crippen molar-refractivity contribution in [3.05, 3.63) is 24.3 Å². The fourth-order valence-corrected chi connectivity index (χ4v) is 4.88. The fourth-order valence-electron chi connectivity index (χ4n) is 4.47. The first-order chi connectivity index (χ1) is 14.5. The molecule has 1 aromatic carbocycles. The molecule has 1 aromatic rings. The van der Waals surface area contributed by atoms with Gasteiger partial charge in [-0.15, -0.1) is 11.8 Å². The molecule has 4 rings (SSSR count). The smallest absolute Gasteiger partial charge is 0.245 e. The first-order valence-corrected chi connectivity index (χ1v) is 12.3. The minimum Gasteiger partial charge on any atom is -0.508 e. The fraction of sp³-hybridized carbons (Fsp3) is 0.652. The van der Waals surface area contributed by atoms with Gasteiger partial charge in [0.2, 0.25) is 11.8 Å². The van der Waals surface area contributed by atoms with Gasteiger partial charge in [0.05, 0.1) is 0 Å². The van der Waals surface area contributed by atoms with E-state index in [-0.39, 0.29) is 17.9 Å². The van der Waals surface area contributed by atoms with Crippen LogP contribution in [0.15, 0.2) is 29.2 Å². The number of phenols is 1. The van der Waals surface area contributed by atoms with Crippen molar-refractivity contribution in [3.8, 4) is 5.75 Å². The van der Waals surface area contributed by atoms with E-state index in [1.165, 1.54) is 24.2 Å². The van der Waals surface area contributed by atoms with Gasteiger partial charge in [0.25, 0.3) is 0 Å². The number of likely N-dealkylation sites (tertiary alicyclic amines) is 1. The van der Waals surface area contributed by atoms with E-state index in [2.05, 4.69) is 4.90 Å². The van der Waals surface area contributed by atoms with Crippen molar-refractivity contribution in [3.63, 3.8) is 0 Å². The van der Waals surface area contributed by atoms with Gasteiger partial charge >= 0.3 is 0 Å². The normalized spacial score (nSPS) is 22.7. The average molecular weight is 434 g/mol. The number of aromatic hydroxyl groups is 1. The standard InChI is InChI=1S/C16H27N3O2.C7H8OS/c1-13(20)19-10-3-7-15(19)16(21)18-9-4-8-17(11-12-18)14-5-2-6-14;1-9-7-4-2-6(8)3-5-7/h14-15H,2-12H2,1H3;2-5,8H,1H3/t15-;/m1./s1. The second kappa shape index (κ2) is 11.0. The van der Waals surface area contributed by atoms with Crippen LogP contribution in [0.3, 0.4) is 0 Å². The summed E-state index contributed by atoms with van der Waals surface area (Å²) in [6, 6.07) is 7.72. The number of hydrogen-bond donors (Lipinski definition) is 1. The first-order valence-electron chi connectivity index (χ1n) is 11.1. The molecule has 2 amide bonds. The Balaban J connectivity index is 0.000000239. The second-order valence-electron chi connectivity index (χ2n) is 8.37. The van der Waals surface area contributed by atoms with Gasteiger partial charge < -0.3 is 14.9 Å². The van der Waals surface area contributed by atoms with E-state index in [4.69, 9.17) is 5.11 Å². The molecule has 0 bridgehead atoms. The van der Waals surface area contributed by atoms with E-state index >= 15 is 0 Å². The molecule has 0 aromatic heterocycles. The molecule has 6 nitrogen and oxygen atoms in total.